The highest BCUT2D eigenvalue weighted by atomic mass is 19.4. The third-order valence-corrected chi connectivity index (χ3v) is 15.2. The molecule has 0 radical (unpaired) electrons. The van der Waals surface area contributed by atoms with Crippen molar-refractivity contribution in [1.82, 2.24) is 9.80 Å². The monoisotopic (exact) mass is 1130 g/mol. The Kier molecular flexibility index (Phi) is 18.6. The summed E-state index contributed by atoms with van der Waals surface area (Å²) in [5.41, 5.74) is 16.9. The number of amides is 4. The number of nitrogens with zero attached hydrogens (tertiary/aromatic N) is 2. The number of nitrogens with two attached hydrogens (primary N) is 2. The molecule has 9 rings (SSSR count). The van der Waals surface area contributed by atoms with Crippen LogP contribution < -0.4 is 32.7 Å². The Morgan fingerprint density at radius 3 is 1.41 bits per heavy atom. The highest BCUT2D eigenvalue weighted by Gasteiger charge is 2.39. The highest BCUT2D eigenvalue weighted by molar-refractivity contribution is 6.05. The summed E-state index contributed by atoms with van der Waals surface area (Å²) in [6.45, 7) is 5.19. The smallest absolute Gasteiger partial charge is 0.397 e. The summed E-state index contributed by atoms with van der Waals surface area (Å²) in [6, 6.07) is 33.7. The van der Waals surface area contributed by atoms with E-state index < -0.39 is 47.1 Å². The van der Waals surface area contributed by atoms with Gasteiger partial charge in [-0.25, -0.2) is 0 Å². The lowest BCUT2D eigenvalue weighted by Gasteiger charge is -2.27. The first-order valence-electron chi connectivity index (χ1n) is 27.3. The summed E-state index contributed by atoms with van der Waals surface area (Å²) in [5, 5.41) is 11.3. The number of rotatable bonds is 21. The molecule has 13 nitrogen and oxygen atoms in total. The molecule has 0 aromatic heterocycles. The lowest BCUT2D eigenvalue weighted by Crippen LogP contribution is -2.37. The second kappa shape index (κ2) is 26.1. The maximum absolute atomic E-state index is 13.7. The number of carbonyl (C=O) groups excluding carboxylic acids is 4. The molecule has 0 aliphatic carbocycles. The molecule has 19 heteroatoms. The van der Waals surface area contributed by atoms with E-state index in [1.807, 2.05) is 12.1 Å². The van der Waals surface area contributed by atoms with Crippen molar-refractivity contribution >= 4 is 69.9 Å². The number of hydrogen-bond donors (Lipinski definition) is 6. The van der Waals surface area contributed by atoms with Gasteiger partial charge in [0.1, 0.15) is 0 Å². The zero-order valence-corrected chi connectivity index (χ0v) is 44.9. The van der Waals surface area contributed by atoms with Crippen molar-refractivity contribution in [3.8, 4) is 11.1 Å². The molecule has 3 aliphatic heterocycles. The molecule has 428 valence electrons. The number of ether oxygens (including phenoxy) is 1. The van der Waals surface area contributed by atoms with Crippen molar-refractivity contribution in [2.24, 2.45) is 0 Å². The number of fused-ring (bicyclic) bond motifs is 2. The van der Waals surface area contributed by atoms with Gasteiger partial charge in [-0.1, -0.05) is 60.7 Å². The van der Waals surface area contributed by atoms with Gasteiger partial charge in [-0.15, -0.1) is 0 Å². The molecule has 4 atom stereocenters. The van der Waals surface area contributed by atoms with Gasteiger partial charge < -0.3 is 42.4 Å². The summed E-state index contributed by atoms with van der Waals surface area (Å²) in [7, 11) is 0. The first-order valence-corrected chi connectivity index (χ1v) is 27.3. The zero-order chi connectivity index (χ0) is 58.0. The maximum atomic E-state index is 13.7. The SMILES string of the molecule is Nc1ccc(-c2ccc(N)c(NC(=O)C=Cc3ccc(C(CCCN4CC5CC4CO5)C(=O)Nc4ccc(C(F)(F)F)cc4)cc3)c2)cc1NC(=O)C=Cc1ccc(C(CCCN2CCCC2)C(=O)Nc2ccc(C(F)(F)F)cc2)cc1. The van der Waals surface area contributed by atoms with E-state index in [0.29, 0.717) is 82.5 Å². The third kappa shape index (κ3) is 15.6. The lowest BCUT2D eigenvalue weighted by molar-refractivity contribution is -0.138. The van der Waals surface area contributed by atoms with E-state index in [-0.39, 0.29) is 29.3 Å². The number of hydrogen-bond acceptors (Lipinski definition) is 9. The van der Waals surface area contributed by atoms with E-state index in [4.69, 9.17) is 16.2 Å². The van der Waals surface area contributed by atoms with E-state index in [2.05, 4.69) is 31.1 Å². The quantitative estimate of drug-likeness (QED) is 0.0232. The van der Waals surface area contributed by atoms with Gasteiger partial charge >= 0.3 is 12.4 Å². The third-order valence-electron chi connectivity index (χ3n) is 15.2. The van der Waals surface area contributed by atoms with E-state index in [1.54, 1.807) is 84.9 Å². The first kappa shape index (κ1) is 58.4. The molecule has 6 aromatic rings. The van der Waals surface area contributed by atoms with E-state index in [1.165, 1.54) is 36.4 Å². The van der Waals surface area contributed by atoms with Crippen LogP contribution in [-0.2, 0) is 36.3 Å². The van der Waals surface area contributed by atoms with Gasteiger partial charge in [0.15, 0.2) is 0 Å². The van der Waals surface area contributed by atoms with Crippen LogP contribution in [0.15, 0.2) is 146 Å². The molecule has 3 aliphatic rings. The van der Waals surface area contributed by atoms with Crippen LogP contribution >= 0.6 is 0 Å². The Labute approximate surface area is 471 Å². The fourth-order valence-corrected chi connectivity index (χ4v) is 10.7. The van der Waals surface area contributed by atoms with Crippen molar-refractivity contribution in [1.29, 1.82) is 0 Å². The van der Waals surface area contributed by atoms with Crippen LogP contribution in [0, 0.1) is 0 Å². The predicted molar refractivity (Wildman–Crippen MR) is 308 cm³/mol. The lowest BCUT2D eigenvalue weighted by atomic mass is 9.92. The van der Waals surface area contributed by atoms with Crippen LogP contribution in [0.25, 0.3) is 23.3 Å². The number of benzene rings is 6. The number of carbonyl (C=O) groups is 4. The van der Waals surface area contributed by atoms with Gasteiger partial charge in [0.25, 0.3) is 0 Å². The fourth-order valence-electron chi connectivity index (χ4n) is 10.7. The molecule has 4 amide bonds. The molecule has 3 saturated heterocycles. The largest absolute Gasteiger partial charge is 0.416 e. The van der Waals surface area contributed by atoms with Gasteiger partial charge in [-0.3, -0.25) is 24.1 Å². The van der Waals surface area contributed by atoms with Crippen LogP contribution in [0.2, 0.25) is 0 Å². The van der Waals surface area contributed by atoms with Crippen LogP contribution in [0.1, 0.15) is 90.2 Å². The molecule has 3 fully saturated rings. The van der Waals surface area contributed by atoms with Crippen molar-refractivity contribution < 1.29 is 50.3 Å². The van der Waals surface area contributed by atoms with Gasteiger partial charge in [0.05, 0.1) is 58.4 Å². The topological polar surface area (TPSA) is 184 Å². The highest BCUT2D eigenvalue weighted by Crippen LogP contribution is 2.35. The summed E-state index contributed by atoms with van der Waals surface area (Å²) >= 11 is 0. The number of nitrogen functional groups attached to an aromatic ring is 2. The minimum Gasteiger partial charge on any atom is -0.397 e. The van der Waals surface area contributed by atoms with Crippen LogP contribution in [0.3, 0.4) is 0 Å². The molecule has 0 saturated carbocycles. The Hall–Kier alpha value is -8.26. The van der Waals surface area contributed by atoms with Gasteiger partial charge in [-0.2, -0.15) is 26.3 Å². The number of alkyl halides is 6. The molecule has 4 unspecified atom stereocenters. The summed E-state index contributed by atoms with van der Waals surface area (Å²) in [5.74, 6) is -2.78. The normalized spacial score (nSPS) is 17.3. The molecule has 3 heterocycles. The van der Waals surface area contributed by atoms with Gasteiger partial charge in [-0.05, 0) is 189 Å². The van der Waals surface area contributed by atoms with Crippen molar-refractivity contribution in [3.63, 3.8) is 0 Å². The van der Waals surface area contributed by atoms with Gasteiger partial charge in [0, 0.05) is 36.1 Å². The molecule has 82 heavy (non-hydrogen) atoms. The van der Waals surface area contributed by atoms with E-state index >= 15 is 0 Å². The predicted octanol–water partition coefficient (Wildman–Crippen LogP) is 12.4. The van der Waals surface area contributed by atoms with E-state index in [9.17, 15) is 45.5 Å². The molecular formula is C63H64F6N8O5. The first-order chi connectivity index (χ1) is 39.3. The number of halogens is 6. The maximum Gasteiger partial charge on any atom is 0.416 e. The molecule has 8 N–H and O–H groups in total. The zero-order valence-electron chi connectivity index (χ0n) is 44.9. The number of likely N-dealkylation sites (tertiary alicyclic amines) is 2. The molecule has 2 bridgehead atoms. The van der Waals surface area contributed by atoms with Crippen LogP contribution in [0.4, 0.5) is 60.5 Å². The second-order valence-corrected chi connectivity index (χ2v) is 21.0. The number of anilines is 6. The average molecular weight is 1130 g/mol. The average Bonchev–Trinajstić information content (AvgIpc) is 4.40. The standard InChI is InChI=1S/C63H64F6N8O5/c64-62(65,66)46-19-23-48(24-20-46)72-60(80)52(5-3-33-76-31-1-2-32-76)42-13-7-40(8-14-42)11-29-58(78)74-56-35-44(17-27-54(56)70)45-18-28-55(71)57(36-45)75-59(79)30-12-41-9-15-43(16-10-41)53(6-4-34-77-38-51-37-50(77)39-82-51)61(81)73-49-25-21-47(22-26-49)63(67,68)69/h7-30,35-36,50-53H,1-6,31-34,37-39,70-71H2,(H,72,80)(H,73,81)(H,74,78)(H,75,79). The number of morpholine rings is 1. The molecule has 0 spiro atoms. The summed E-state index contributed by atoms with van der Waals surface area (Å²) in [6.07, 6.45) is 2.93. The van der Waals surface area contributed by atoms with Gasteiger partial charge in [0.2, 0.25) is 23.6 Å². The fraction of sp³-hybridized carbons (Fsp3) is 0.302. The minimum atomic E-state index is -4.50. The Balaban J connectivity index is 0.804. The number of nitrogens with one attached hydrogen (secondary N) is 4. The van der Waals surface area contributed by atoms with Crippen molar-refractivity contribution in [2.75, 3.05) is 72.1 Å². The Bertz CT molecular complexity index is 3270. The molecular weight excluding hydrogens is 1060 g/mol. The minimum absolute atomic E-state index is 0.237. The second-order valence-electron chi connectivity index (χ2n) is 21.0. The van der Waals surface area contributed by atoms with Crippen molar-refractivity contribution in [3.05, 3.63) is 179 Å². The Morgan fingerprint density at radius 2 is 1.01 bits per heavy atom. The van der Waals surface area contributed by atoms with Crippen molar-refractivity contribution in [2.45, 2.75) is 81.3 Å². The summed E-state index contributed by atoms with van der Waals surface area (Å²) < 4.78 is 84.9. The van der Waals surface area contributed by atoms with Crippen LogP contribution in [-0.4, -0.2) is 84.9 Å². The van der Waals surface area contributed by atoms with E-state index in [0.717, 1.165) is 88.2 Å². The summed E-state index contributed by atoms with van der Waals surface area (Å²) in [4.78, 5) is 58.7. The Morgan fingerprint density at radius 1 is 0.573 bits per heavy atom. The van der Waals surface area contributed by atoms with Crippen LogP contribution in [0.5, 0.6) is 0 Å². The molecule has 6 aromatic carbocycles.